The Hall–Kier alpha value is -2.03. The fourth-order valence-corrected chi connectivity index (χ4v) is 4.71. The summed E-state index contributed by atoms with van der Waals surface area (Å²) in [5, 5.41) is 1.29. The Bertz CT molecular complexity index is 1060. The van der Waals surface area contributed by atoms with Crippen LogP contribution < -0.4 is 4.74 Å². The van der Waals surface area contributed by atoms with E-state index in [1.54, 1.807) is 17.0 Å². The van der Waals surface area contributed by atoms with Crippen molar-refractivity contribution in [3.63, 3.8) is 0 Å². The highest BCUT2D eigenvalue weighted by Gasteiger charge is 2.33. The molecule has 2 aliphatic rings. The van der Waals surface area contributed by atoms with Crippen LogP contribution in [0.4, 0.5) is 4.79 Å². The molecular formula is C28H35Cl2NO6. The molecule has 2 heterocycles. The van der Waals surface area contributed by atoms with E-state index in [0.29, 0.717) is 56.2 Å². The van der Waals surface area contributed by atoms with Crippen LogP contribution in [0, 0.1) is 0 Å². The van der Waals surface area contributed by atoms with Gasteiger partial charge in [-0.2, -0.15) is 0 Å². The van der Waals surface area contributed by atoms with Crippen molar-refractivity contribution in [2.45, 2.75) is 64.6 Å². The maximum Gasteiger partial charge on any atom is 0.410 e. The topological polar surface area (TPSA) is 66.5 Å². The van der Waals surface area contributed by atoms with Crippen molar-refractivity contribution < 1.29 is 28.5 Å². The first-order chi connectivity index (χ1) is 17.8. The average Bonchev–Trinajstić information content (AvgIpc) is 3.24. The van der Waals surface area contributed by atoms with Gasteiger partial charge in [0.15, 0.2) is 0 Å². The van der Waals surface area contributed by atoms with Crippen LogP contribution in [-0.4, -0.2) is 49.7 Å². The van der Waals surface area contributed by atoms with Gasteiger partial charge in [-0.25, -0.2) is 4.79 Å². The molecular weight excluding hydrogens is 517 g/mol. The Morgan fingerprint density at radius 1 is 1.00 bits per heavy atom. The van der Waals surface area contributed by atoms with Crippen LogP contribution in [0.25, 0.3) is 0 Å². The summed E-state index contributed by atoms with van der Waals surface area (Å²) in [7, 11) is 0. The summed E-state index contributed by atoms with van der Waals surface area (Å²) in [6.45, 7) is 7.68. The molecule has 2 aromatic carbocycles. The van der Waals surface area contributed by atoms with Gasteiger partial charge in [-0.1, -0.05) is 42.1 Å². The number of hydrogen-bond donors (Lipinski definition) is 0. The molecule has 0 saturated carbocycles. The lowest BCUT2D eigenvalue weighted by atomic mass is 10.0. The number of hydrogen-bond acceptors (Lipinski definition) is 6. The second-order valence-electron chi connectivity index (χ2n) is 9.79. The number of halogens is 2. The lowest BCUT2D eigenvalue weighted by Gasteiger charge is -2.32. The summed E-state index contributed by atoms with van der Waals surface area (Å²) < 4.78 is 28.5. The summed E-state index contributed by atoms with van der Waals surface area (Å²) in [6.07, 6.45) is 3.48. The Labute approximate surface area is 228 Å². The summed E-state index contributed by atoms with van der Waals surface area (Å²) in [6, 6.07) is 11.3. The maximum absolute atomic E-state index is 12.4. The third-order valence-corrected chi connectivity index (χ3v) is 6.98. The molecule has 0 unspecified atom stereocenters. The number of nitrogens with zero attached hydrogens (tertiary/aromatic N) is 1. The van der Waals surface area contributed by atoms with Gasteiger partial charge in [0, 0.05) is 42.6 Å². The first-order valence-electron chi connectivity index (χ1n) is 12.8. The third-order valence-electron chi connectivity index (χ3n) is 6.38. The molecule has 1 fully saturated rings. The molecule has 2 aromatic rings. The molecule has 0 N–H and O–H groups in total. The van der Waals surface area contributed by atoms with E-state index in [4.69, 9.17) is 46.9 Å². The van der Waals surface area contributed by atoms with Gasteiger partial charge in [0.2, 0.25) is 5.79 Å². The number of rotatable bonds is 13. The molecule has 7 nitrogen and oxygen atoms in total. The fraction of sp³-hybridized carbons (Fsp3) is 0.536. The minimum atomic E-state index is -0.626. The van der Waals surface area contributed by atoms with E-state index >= 15 is 0 Å². The molecule has 2 aliphatic heterocycles. The van der Waals surface area contributed by atoms with Crippen LogP contribution in [0.15, 0.2) is 36.4 Å². The van der Waals surface area contributed by atoms with E-state index in [9.17, 15) is 4.79 Å². The molecule has 0 aliphatic carbocycles. The molecule has 0 radical (unpaired) electrons. The van der Waals surface area contributed by atoms with E-state index in [-0.39, 0.29) is 12.2 Å². The number of carbonyl (C=O) groups is 1. The quantitative estimate of drug-likeness (QED) is 0.251. The molecule has 1 atom stereocenters. The zero-order valence-corrected chi connectivity index (χ0v) is 23.0. The monoisotopic (exact) mass is 551 g/mol. The van der Waals surface area contributed by atoms with Gasteiger partial charge in [-0.3, -0.25) is 0 Å². The Morgan fingerprint density at radius 3 is 2.68 bits per heavy atom. The largest absolute Gasteiger partial charge is 0.463 e. The molecule has 202 valence electrons. The lowest BCUT2D eigenvalue weighted by molar-refractivity contribution is -0.180. The lowest BCUT2D eigenvalue weighted by Crippen LogP contribution is -2.35. The number of carbonyl (C=O) groups excluding carboxylic acids is 1. The smallest absolute Gasteiger partial charge is 0.410 e. The number of ether oxygens (including phenoxy) is 5. The van der Waals surface area contributed by atoms with Crippen molar-refractivity contribution in [2.75, 3.05) is 32.9 Å². The van der Waals surface area contributed by atoms with Gasteiger partial charge in [-0.15, -0.1) is 0 Å². The molecule has 0 spiro atoms. The van der Waals surface area contributed by atoms with E-state index in [1.807, 2.05) is 38.1 Å². The Morgan fingerprint density at radius 2 is 1.81 bits per heavy atom. The van der Waals surface area contributed by atoms with Crippen molar-refractivity contribution >= 4 is 29.3 Å². The predicted molar refractivity (Wildman–Crippen MR) is 142 cm³/mol. The second-order valence-corrected chi connectivity index (χ2v) is 10.6. The SMILES string of the molecule is CC1(C)OCc2cc([C@@H]3CN(CCCCCCOCCOCc4cc(Cl)ccc4Cl)C(=O)O3)ccc2O1. The van der Waals surface area contributed by atoms with Gasteiger partial charge in [0.05, 0.1) is 33.0 Å². The molecule has 9 heteroatoms. The van der Waals surface area contributed by atoms with Gasteiger partial charge in [-0.05, 0) is 54.3 Å². The Balaban J connectivity index is 1.05. The van der Waals surface area contributed by atoms with Crippen LogP contribution >= 0.6 is 23.2 Å². The van der Waals surface area contributed by atoms with E-state index < -0.39 is 5.79 Å². The number of unbranched alkanes of at least 4 members (excludes halogenated alkanes) is 3. The van der Waals surface area contributed by atoms with E-state index in [2.05, 4.69) is 0 Å². The number of cyclic esters (lactones) is 1. The average molecular weight is 552 g/mol. The highest BCUT2D eigenvalue weighted by Crippen LogP contribution is 2.35. The fourth-order valence-electron chi connectivity index (χ4n) is 4.34. The zero-order chi connectivity index (χ0) is 26.3. The first-order valence-corrected chi connectivity index (χ1v) is 13.6. The first kappa shape index (κ1) is 28.0. The van der Waals surface area contributed by atoms with Crippen LogP contribution in [0.1, 0.15) is 62.3 Å². The summed E-state index contributed by atoms with van der Waals surface area (Å²) >= 11 is 12.1. The van der Waals surface area contributed by atoms with Crippen molar-refractivity contribution in [2.24, 2.45) is 0 Å². The maximum atomic E-state index is 12.4. The highest BCUT2D eigenvalue weighted by molar-refractivity contribution is 6.33. The van der Waals surface area contributed by atoms with E-state index in [1.165, 1.54) is 0 Å². The van der Waals surface area contributed by atoms with Gasteiger partial charge in [0.25, 0.3) is 0 Å². The summed E-state index contributed by atoms with van der Waals surface area (Å²) in [5.41, 5.74) is 2.82. The molecule has 1 amide bonds. The number of amides is 1. The molecule has 1 saturated heterocycles. The van der Waals surface area contributed by atoms with Crippen LogP contribution in [-0.2, 0) is 32.2 Å². The minimum absolute atomic E-state index is 0.251. The van der Waals surface area contributed by atoms with Crippen molar-refractivity contribution in [3.05, 3.63) is 63.1 Å². The van der Waals surface area contributed by atoms with Crippen LogP contribution in [0.5, 0.6) is 5.75 Å². The molecule has 0 aromatic heterocycles. The van der Waals surface area contributed by atoms with Gasteiger partial charge < -0.3 is 28.6 Å². The number of fused-ring (bicyclic) bond motifs is 1. The molecule has 0 bridgehead atoms. The zero-order valence-electron chi connectivity index (χ0n) is 21.5. The van der Waals surface area contributed by atoms with Crippen LogP contribution in [0.3, 0.4) is 0 Å². The predicted octanol–water partition coefficient (Wildman–Crippen LogP) is 6.93. The van der Waals surface area contributed by atoms with Gasteiger partial charge in [0.1, 0.15) is 11.9 Å². The van der Waals surface area contributed by atoms with Crippen molar-refractivity contribution in [3.8, 4) is 5.75 Å². The Kier molecular flexibility index (Phi) is 9.96. The third kappa shape index (κ3) is 8.23. The van der Waals surface area contributed by atoms with Crippen molar-refractivity contribution in [1.29, 1.82) is 0 Å². The normalized spacial score (nSPS) is 18.4. The van der Waals surface area contributed by atoms with E-state index in [0.717, 1.165) is 48.1 Å². The standard InChI is InChI=1S/C28H35Cl2NO6/c1-28(2)35-19-22-15-20(7-10-25(22)37-28)26-17-31(27(32)36-26)11-5-3-4-6-12-33-13-14-34-18-21-16-23(29)8-9-24(21)30/h7-10,15-16,26H,3-6,11-14,17-19H2,1-2H3/t26-/m0/s1. The van der Waals surface area contributed by atoms with Crippen LogP contribution in [0.2, 0.25) is 10.0 Å². The highest BCUT2D eigenvalue weighted by atomic mass is 35.5. The molecule has 37 heavy (non-hydrogen) atoms. The minimum Gasteiger partial charge on any atom is -0.463 e. The van der Waals surface area contributed by atoms with Gasteiger partial charge >= 0.3 is 6.09 Å². The summed E-state index contributed by atoms with van der Waals surface area (Å²) in [4.78, 5) is 14.1. The second kappa shape index (κ2) is 13.2. The summed E-state index contributed by atoms with van der Waals surface area (Å²) in [5.74, 6) is 0.194. The molecule has 4 rings (SSSR count). The number of benzene rings is 2. The van der Waals surface area contributed by atoms with Crippen molar-refractivity contribution in [1.82, 2.24) is 4.90 Å².